The summed E-state index contributed by atoms with van der Waals surface area (Å²) in [6, 6.07) is 3.63. The van der Waals surface area contributed by atoms with Crippen LogP contribution in [0, 0.1) is 20.8 Å². The van der Waals surface area contributed by atoms with Gasteiger partial charge < -0.3 is 0 Å². The van der Waals surface area contributed by atoms with Crippen molar-refractivity contribution in [2.75, 3.05) is 5.01 Å². The average molecular weight is 270 g/mol. The molecule has 0 aliphatic carbocycles. The molecule has 1 amide bonds. The summed E-state index contributed by atoms with van der Waals surface area (Å²) >= 11 is 0. The fraction of sp³-hybridized carbons (Fsp3) is 0.385. The van der Waals surface area contributed by atoms with E-state index in [4.69, 9.17) is 0 Å². The molecule has 1 aliphatic rings. The summed E-state index contributed by atoms with van der Waals surface area (Å²) in [5, 5.41) is 4.31. The van der Waals surface area contributed by atoms with Gasteiger partial charge in [0.25, 0.3) is 5.91 Å². The predicted molar refractivity (Wildman–Crippen MR) is 66.2 cm³/mol. The molecular weight excluding hydrogens is 257 g/mol. The number of hydrazone groups is 1. The lowest BCUT2D eigenvalue weighted by atomic mass is 10.0. The molecule has 0 aromatic heterocycles. The quantitative estimate of drug-likeness (QED) is 0.771. The van der Waals surface area contributed by atoms with Crippen molar-refractivity contribution in [3.05, 3.63) is 28.8 Å². The molecule has 3 nitrogen and oxygen atoms in total. The van der Waals surface area contributed by atoms with E-state index in [0.29, 0.717) is 5.69 Å². The number of carbonyl (C=O) groups excluding carboxylic acids is 1. The second-order valence-electron chi connectivity index (χ2n) is 4.67. The standard InChI is InChI=1S/C13H13F3N2O/c1-7-4-8(2)12(9(3)5-7)18-11(19)6-10(17-18)13(14,15)16/h4-5H,6H2,1-3H3. The van der Waals surface area contributed by atoms with Gasteiger partial charge in [-0.15, -0.1) is 0 Å². The van der Waals surface area contributed by atoms with Crippen LogP contribution in [-0.2, 0) is 4.79 Å². The first-order valence-corrected chi connectivity index (χ1v) is 5.75. The first kappa shape index (κ1) is 13.6. The zero-order valence-corrected chi connectivity index (χ0v) is 10.8. The van der Waals surface area contributed by atoms with Crippen LogP contribution in [0.15, 0.2) is 17.2 Å². The molecule has 0 unspecified atom stereocenters. The van der Waals surface area contributed by atoms with E-state index in [0.717, 1.165) is 21.7 Å². The highest BCUT2D eigenvalue weighted by molar-refractivity contribution is 6.15. The Kier molecular flexibility index (Phi) is 3.12. The topological polar surface area (TPSA) is 32.7 Å². The van der Waals surface area contributed by atoms with E-state index in [1.54, 1.807) is 13.8 Å². The van der Waals surface area contributed by atoms with E-state index >= 15 is 0 Å². The van der Waals surface area contributed by atoms with Crippen molar-refractivity contribution in [3.8, 4) is 0 Å². The molecule has 0 saturated heterocycles. The molecule has 19 heavy (non-hydrogen) atoms. The fourth-order valence-electron chi connectivity index (χ4n) is 2.27. The van der Waals surface area contributed by atoms with Crippen LogP contribution in [0.1, 0.15) is 23.1 Å². The van der Waals surface area contributed by atoms with Crippen molar-refractivity contribution in [3.63, 3.8) is 0 Å². The normalized spacial score (nSPS) is 16.0. The maximum Gasteiger partial charge on any atom is 0.431 e. The number of halogens is 3. The first-order chi connectivity index (χ1) is 8.70. The van der Waals surface area contributed by atoms with E-state index in [9.17, 15) is 18.0 Å². The number of rotatable bonds is 1. The van der Waals surface area contributed by atoms with Gasteiger partial charge in [0.1, 0.15) is 0 Å². The smallest absolute Gasteiger partial charge is 0.272 e. The minimum atomic E-state index is -4.56. The molecule has 1 heterocycles. The first-order valence-electron chi connectivity index (χ1n) is 5.75. The Balaban J connectivity index is 2.49. The van der Waals surface area contributed by atoms with Crippen LogP contribution >= 0.6 is 0 Å². The van der Waals surface area contributed by atoms with Gasteiger partial charge >= 0.3 is 6.18 Å². The van der Waals surface area contributed by atoms with Crippen molar-refractivity contribution in [2.45, 2.75) is 33.4 Å². The molecular formula is C13H13F3N2O. The van der Waals surface area contributed by atoms with Gasteiger partial charge in [0.2, 0.25) is 0 Å². The average Bonchev–Trinajstić information content (AvgIpc) is 2.59. The Labute approximate surface area is 108 Å². The van der Waals surface area contributed by atoms with Gasteiger partial charge in [0.15, 0.2) is 5.71 Å². The lowest BCUT2D eigenvalue weighted by molar-refractivity contribution is -0.117. The number of anilines is 1. The maximum atomic E-state index is 12.6. The third kappa shape index (κ3) is 2.47. The van der Waals surface area contributed by atoms with Crippen molar-refractivity contribution in [1.29, 1.82) is 0 Å². The number of amides is 1. The van der Waals surface area contributed by atoms with Crippen molar-refractivity contribution < 1.29 is 18.0 Å². The zero-order valence-electron chi connectivity index (χ0n) is 10.8. The van der Waals surface area contributed by atoms with Gasteiger partial charge in [-0.3, -0.25) is 4.79 Å². The molecule has 1 aromatic rings. The van der Waals surface area contributed by atoms with Crippen molar-refractivity contribution in [2.24, 2.45) is 5.10 Å². The molecule has 0 spiro atoms. The summed E-state index contributed by atoms with van der Waals surface area (Å²) in [5.41, 5.74) is 1.85. The van der Waals surface area contributed by atoms with Gasteiger partial charge in [-0.25, -0.2) is 0 Å². The van der Waals surface area contributed by atoms with Crippen LogP contribution in [0.3, 0.4) is 0 Å². The van der Waals surface area contributed by atoms with Crippen LogP contribution in [0.2, 0.25) is 0 Å². The minimum absolute atomic E-state index is 0.440. The Morgan fingerprint density at radius 1 is 1.16 bits per heavy atom. The number of carbonyl (C=O) groups is 1. The Hall–Kier alpha value is -1.85. The number of alkyl halides is 3. The zero-order chi connectivity index (χ0) is 14.4. The second-order valence-corrected chi connectivity index (χ2v) is 4.67. The molecule has 0 atom stereocenters. The molecule has 2 rings (SSSR count). The minimum Gasteiger partial charge on any atom is -0.272 e. The van der Waals surface area contributed by atoms with Crippen molar-refractivity contribution >= 4 is 17.3 Å². The van der Waals surface area contributed by atoms with E-state index in [2.05, 4.69) is 5.10 Å². The van der Waals surface area contributed by atoms with Crippen LogP contribution in [0.25, 0.3) is 0 Å². The maximum absolute atomic E-state index is 12.6. The number of benzene rings is 1. The lowest BCUT2D eigenvalue weighted by Crippen LogP contribution is -2.22. The van der Waals surface area contributed by atoms with Crippen LogP contribution in [-0.4, -0.2) is 17.8 Å². The monoisotopic (exact) mass is 270 g/mol. The van der Waals surface area contributed by atoms with Crippen LogP contribution in [0.4, 0.5) is 18.9 Å². The summed E-state index contributed by atoms with van der Waals surface area (Å²) in [6.45, 7) is 5.40. The van der Waals surface area contributed by atoms with Gasteiger partial charge in [0, 0.05) is 0 Å². The highest BCUT2D eigenvalue weighted by Crippen LogP contribution is 2.32. The molecule has 0 saturated carbocycles. The van der Waals surface area contributed by atoms with Crippen molar-refractivity contribution in [1.82, 2.24) is 0 Å². The number of nitrogens with zero attached hydrogens (tertiary/aromatic N) is 2. The van der Waals surface area contributed by atoms with Gasteiger partial charge in [-0.2, -0.15) is 23.3 Å². The molecule has 1 aromatic carbocycles. The van der Waals surface area contributed by atoms with Gasteiger partial charge in [-0.05, 0) is 31.9 Å². The summed E-state index contributed by atoms with van der Waals surface area (Å²) in [5.74, 6) is -0.651. The van der Waals surface area contributed by atoms with Crippen LogP contribution < -0.4 is 5.01 Å². The fourth-order valence-corrected chi connectivity index (χ4v) is 2.27. The van der Waals surface area contributed by atoms with Crippen LogP contribution in [0.5, 0.6) is 0 Å². The Bertz CT molecular complexity index is 553. The number of hydrogen-bond acceptors (Lipinski definition) is 2. The van der Waals surface area contributed by atoms with Gasteiger partial charge in [-0.1, -0.05) is 17.7 Å². The number of aryl methyl sites for hydroxylation is 3. The largest absolute Gasteiger partial charge is 0.431 e. The predicted octanol–water partition coefficient (Wildman–Crippen LogP) is 3.27. The highest BCUT2D eigenvalue weighted by atomic mass is 19.4. The molecule has 1 aliphatic heterocycles. The van der Waals surface area contributed by atoms with E-state index < -0.39 is 24.2 Å². The van der Waals surface area contributed by atoms with E-state index in [1.807, 2.05) is 19.1 Å². The number of hydrogen-bond donors (Lipinski definition) is 0. The summed E-state index contributed by atoms with van der Waals surface area (Å²) < 4.78 is 37.7. The van der Waals surface area contributed by atoms with E-state index in [1.165, 1.54) is 0 Å². The molecule has 0 bridgehead atoms. The van der Waals surface area contributed by atoms with E-state index in [-0.39, 0.29) is 0 Å². The molecule has 0 N–H and O–H groups in total. The molecule has 0 fully saturated rings. The third-order valence-electron chi connectivity index (χ3n) is 2.95. The van der Waals surface area contributed by atoms with Gasteiger partial charge in [0.05, 0.1) is 12.1 Å². The summed E-state index contributed by atoms with van der Waals surface area (Å²) in [6.07, 6.45) is -5.26. The Morgan fingerprint density at radius 3 is 2.11 bits per heavy atom. The SMILES string of the molecule is Cc1cc(C)c(N2N=C(C(F)(F)F)CC2=O)c(C)c1. The summed E-state index contributed by atoms with van der Waals surface area (Å²) in [4.78, 5) is 11.7. The third-order valence-corrected chi connectivity index (χ3v) is 2.95. The highest BCUT2D eigenvalue weighted by Gasteiger charge is 2.43. The molecule has 6 heteroatoms. The second kappa shape index (κ2) is 4.36. The lowest BCUT2D eigenvalue weighted by Gasteiger charge is -2.18. The Morgan fingerprint density at radius 2 is 1.68 bits per heavy atom. The summed E-state index contributed by atoms with van der Waals surface area (Å²) in [7, 11) is 0. The molecule has 102 valence electrons. The molecule has 0 radical (unpaired) electrons.